The third kappa shape index (κ3) is 2.82. The molecule has 1 unspecified atom stereocenters. The van der Waals surface area contributed by atoms with Crippen LogP contribution < -0.4 is 10.2 Å². The molecular formula is C16H16FN3O2S. The largest absolute Gasteiger partial charge is 0.378 e. The van der Waals surface area contributed by atoms with E-state index in [-0.39, 0.29) is 17.6 Å². The van der Waals surface area contributed by atoms with Crippen molar-refractivity contribution in [3.63, 3.8) is 0 Å². The molecule has 7 heteroatoms. The van der Waals surface area contributed by atoms with E-state index in [9.17, 15) is 9.18 Å². The Morgan fingerprint density at radius 1 is 1.35 bits per heavy atom. The Kier molecular flexibility index (Phi) is 3.74. The maximum absolute atomic E-state index is 13.6. The summed E-state index contributed by atoms with van der Waals surface area (Å²) in [6.07, 6.45) is 0.321. The number of rotatable bonds is 2. The number of nitrogens with one attached hydrogen (secondary N) is 1. The van der Waals surface area contributed by atoms with Gasteiger partial charge < -0.3 is 15.0 Å². The fourth-order valence-corrected chi connectivity index (χ4v) is 4.19. The fraction of sp³-hybridized carbons (Fsp3) is 0.375. The summed E-state index contributed by atoms with van der Waals surface area (Å²) in [7, 11) is 0. The van der Waals surface area contributed by atoms with Gasteiger partial charge in [0.1, 0.15) is 11.6 Å². The number of amides is 1. The van der Waals surface area contributed by atoms with Gasteiger partial charge in [0.2, 0.25) is 5.91 Å². The van der Waals surface area contributed by atoms with Crippen LogP contribution in [0.1, 0.15) is 22.8 Å². The molecule has 4 rings (SSSR count). The Hall–Kier alpha value is -1.99. The molecule has 2 aliphatic heterocycles. The number of carbonyl (C=O) groups is 1. The van der Waals surface area contributed by atoms with Crippen molar-refractivity contribution in [2.45, 2.75) is 12.3 Å². The lowest BCUT2D eigenvalue weighted by molar-refractivity contribution is -0.116. The van der Waals surface area contributed by atoms with Crippen molar-refractivity contribution in [3.8, 4) is 0 Å². The van der Waals surface area contributed by atoms with Crippen LogP contribution in [0, 0.1) is 5.82 Å². The number of aromatic nitrogens is 1. The molecule has 2 aromatic rings. The molecule has 3 heterocycles. The number of benzene rings is 1. The number of fused-ring (bicyclic) bond motifs is 1. The minimum Gasteiger partial charge on any atom is -0.378 e. The van der Waals surface area contributed by atoms with Crippen LogP contribution in [-0.2, 0) is 9.53 Å². The van der Waals surface area contributed by atoms with Crippen molar-refractivity contribution < 1.29 is 13.9 Å². The van der Waals surface area contributed by atoms with Gasteiger partial charge >= 0.3 is 0 Å². The Bertz CT molecular complexity index is 743. The van der Waals surface area contributed by atoms with Crippen molar-refractivity contribution >= 4 is 28.2 Å². The molecule has 1 fully saturated rings. The Morgan fingerprint density at radius 2 is 2.17 bits per heavy atom. The van der Waals surface area contributed by atoms with E-state index in [1.54, 1.807) is 17.4 Å². The zero-order valence-corrected chi connectivity index (χ0v) is 13.2. The second-order valence-electron chi connectivity index (χ2n) is 5.67. The molecule has 2 aliphatic rings. The third-order valence-corrected chi connectivity index (χ3v) is 5.37. The minimum atomic E-state index is -0.284. The van der Waals surface area contributed by atoms with Gasteiger partial charge in [-0.25, -0.2) is 9.37 Å². The molecule has 1 saturated heterocycles. The molecule has 5 nitrogen and oxygen atoms in total. The summed E-state index contributed by atoms with van der Waals surface area (Å²) in [5.74, 6) is 0.113. The predicted octanol–water partition coefficient (Wildman–Crippen LogP) is 2.59. The zero-order valence-electron chi connectivity index (χ0n) is 12.4. The zero-order chi connectivity index (χ0) is 15.8. The first-order valence-corrected chi connectivity index (χ1v) is 8.41. The van der Waals surface area contributed by atoms with E-state index >= 15 is 0 Å². The molecule has 1 atom stereocenters. The number of carbonyl (C=O) groups excluding carboxylic acids is 1. The summed E-state index contributed by atoms with van der Waals surface area (Å²) in [6, 6.07) is 6.46. The number of thiazole rings is 1. The summed E-state index contributed by atoms with van der Waals surface area (Å²) in [4.78, 5) is 19.8. The first-order chi connectivity index (χ1) is 11.2. The van der Waals surface area contributed by atoms with E-state index in [0.717, 1.165) is 28.7 Å². The molecule has 0 spiro atoms. The lowest BCUT2D eigenvalue weighted by Crippen LogP contribution is -2.36. The smallest absolute Gasteiger partial charge is 0.226 e. The highest BCUT2D eigenvalue weighted by atomic mass is 32.1. The fourth-order valence-electron chi connectivity index (χ4n) is 2.99. The SMILES string of the molecule is O=C1CC(c2cccc(F)c2)c2sc(N3CCOCC3)nc2N1. The first kappa shape index (κ1) is 14.6. The van der Waals surface area contributed by atoms with Crippen LogP contribution in [0.3, 0.4) is 0 Å². The quantitative estimate of drug-likeness (QED) is 0.918. The number of anilines is 2. The number of halogens is 1. The summed E-state index contributed by atoms with van der Waals surface area (Å²) in [5, 5.41) is 3.73. The van der Waals surface area contributed by atoms with Crippen molar-refractivity contribution in [2.75, 3.05) is 36.5 Å². The predicted molar refractivity (Wildman–Crippen MR) is 86.6 cm³/mol. The van der Waals surface area contributed by atoms with Crippen molar-refractivity contribution in [1.29, 1.82) is 0 Å². The summed E-state index contributed by atoms with van der Waals surface area (Å²) < 4.78 is 18.9. The molecular weight excluding hydrogens is 317 g/mol. The van der Waals surface area contributed by atoms with E-state index in [2.05, 4.69) is 15.2 Å². The van der Waals surface area contributed by atoms with Crippen LogP contribution >= 0.6 is 11.3 Å². The molecule has 1 amide bonds. The van der Waals surface area contributed by atoms with Gasteiger partial charge in [0.05, 0.1) is 18.1 Å². The lowest BCUT2D eigenvalue weighted by atomic mass is 9.91. The highest BCUT2D eigenvalue weighted by molar-refractivity contribution is 7.16. The van der Waals surface area contributed by atoms with E-state index < -0.39 is 0 Å². The van der Waals surface area contributed by atoms with Gasteiger partial charge in [-0.2, -0.15) is 0 Å². The lowest BCUT2D eigenvalue weighted by Gasteiger charge is -2.26. The van der Waals surface area contributed by atoms with Crippen LogP contribution in [0.5, 0.6) is 0 Å². The van der Waals surface area contributed by atoms with Gasteiger partial charge in [-0.3, -0.25) is 4.79 Å². The van der Waals surface area contributed by atoms with Crippen LogP contribution in [0.4, 0.5) is 15.3 Å². The standard InChI is InChI=1S/C16H16FN3O2S/c17-11-3-1-2-10(8-11)12-9-13(21)18-15-14(12)23-16(19-15)20-4-6-22-7-5-20/h1-3,8,12H,4-7,9H2,(H,18,21). The molecule has 0 saturated carbocycles. The summed E-state index contributed by atoms with van der Waals surface area (Å²) in [5.41, 5.74) is 0.818. The summed E-state index contributed by atoms with van der Waals surface area (Å²) in [6.45, 7) is 2.96. The van der Waals surface area contributed by atoms with E-state index in [1.165, 1.54) is 12.1 Å². The maximum Gasteiger partial charge on any atom is 0.226 e. The highest BCUT2D eigenvalue weighted by Gasteiger charge is 2.31. The van der Waals surface area contributed by atoms with Gasteiger partial charge in [0, 0.05) is 25.4 Å². The van der Waals surface area contributed by atoms with E-state index in [4.69, 9.17) is 4.74 Å². The first-order valence-electron chi connectivity index (χ1n) is 7.59. The Morgan fingerprint density at radius 3 is 2.96 bits per heavy atom. The number of ether oxygens (including phenoxy) is 1. The second-order valence-corrected chi connectivity index (χ2v) is 6.68. The molecule has 1 aromatic carbocycles. The van der Waals surface area contributed by atoms with Gasteiger partial charge in [0.15, 0.2) is 5.13 Å². The number of morpholine rings is 1. The molecule has 0 radical (unpaired) electrons. The van der Waals surface area contributed by atoms with E-state index in [0.29, 0.717) is 25.5 Å². The van der Waals surface area contributed by atoms with Crippen molar-refractivity contribution in [1.82, 2.24) is 4.98 Å². The average Bonchev–Trinajstić information content (AvgIpc) is 2.98. The van der Waals surface area contributed by atoms with Gasteiger partial charge in [-0.1, -0.05) is 23.5 Å². The Balaban J connectivity index is 1.71. The highest BCUT2D eigenvalue weighted by Crippen LogP contribution is 2.43. The van der Waals surface area contributed by atoms with Crippen LogP contribution in [0.2, 0.25) is 0 Å². The molecule has 23 heavy (non-hydrogen) atoms. The van der Waals surface area contributed by atoms with Crippen LogP contribution in [0.25, 0.3) is 0 Å². The third-order valence-electron chi connectivity index (χ3n) is 4.14. The number of hydrogen-bond donors (Lipinski definition) is 1. The molecule has 0 bridgehead atoms. The molecule has 1 aromatic heterocycles. The Labute approximate surface area is 137 Å². The second kappa shape index (κ2) is 5.90. The van der Waals surface area contributed by atoms with Crippen LogP contribution in [-0.4, -0.2) is 37.2 Å². The summed E-state index contributed by atoms with van der Waals surface area (Å²) >= 11 is 1.57. The monoisotopic (exact) mass is 333 g/mol. The topological polar surface area (TPSA) is 54.5 Å². The molecule has 0 aliphatic carbocycles. The van der Waals surface area contributed by atoms with Crippen LogP contribution in [0.15, 0.2) is 24.3 Å². The maximum atomic E-state index is 13.6. The average molecular weight is 333 g/mol. The van der Waals surface area contributed by atoms with Gasteiger partial charge in [-0.05, 0) is 17.7 Å². The normalized spacial score (nSPS) is 21.0. The van der Waals surface area contributed by atoms with E-state index in [1.807, 2.05) is 6.07 Å². The minimum absolute atomic E-state index is 0.0782. The van der Waals surface area contributed by atoms with Crippen molar-refractivity contribution in [3.05, 3.63) is 40.5 Å². The van der Waals surface area contributed by atoms with Gasteiger partial charge in [0.25, 0.3) is 0 Å². The number of hydrogen-bond acceptors (Lipinski definition) is 5. The van der Waals surface area contributed by atoms with Gasteiger partial charge in [-0.15, -0.1) is 0 Å². The van der Waals surface area contributed by atoms with Crippen molar-refractivity contribution in [2.24, 2.45) is 0 Å². The molecule has 120 valence electrons. The molecule has 1 N–H and O–H groups in total. The number of nitrogens with zero attached hydrogens (tertiary/aromatic N) is 2.